The Morgan fingerprint density at radius 3 is 1.83 bits per heavy atom. The van der Waals surface area contributed by atoms with Crippen molar-refractivity contribution in [3.05, 3.63) is 58.1 Å². The summed E-state index contributed by atoms with van der Waals surface area (Å²) in [7, 11) is 0. The Kier molecular flexibility index (Phi) is 5.22. The van der Waals surface area contributed by atoms with E-state index in [9.17, 15) is 39.5 Å². The molecule has 0 atom stereocenters. The maximum atomic E-state index is 13.3. The van der Waals surface area contributed by atoms with Gasteiger partial charge in [0.25, 0.3) is 0 Å². The molecule has 1 N–H and O–H groups in total. The van der Waals surface area contributed by atoms with E-state index in [1.165, 1.54) is 18.2 Å². The van der Waals surface area contributed by atoms with E-state index in [2.05, 4.69) is 5.32 Å². The largest absolute Gasteiger partial charge is 0.456 e. The summed E-state index contributed by atoms with van der Waals surface area (Å²) >= 11 is 0. The second-order valence-corrected chi connectivity index (χ2v) is 6.35. The van der Waals surface area contributed by atoms with E-state index in [4.69, 9.17) is 4.74 Å². The van der Waals surface area contributed by atoms with Crippen molar-refractivity contribution in [1.29, 1.82) is 0 Å². The molecule has 29 heavy (non-hydrogen) atoms. The fourth-order valence-corrected chi connectivity index (χ4v) is 2.96. The normalized spacial score (nSPS) is 15.2. The minimum atomic E-state index is -5.51. The minimum Gasteiger partial charge on any atom is -0.456 e. The Labute approximate surface area is 158 Å². The third-order valence-electron chi connectivity index (χ3n) is 4.31. The van der Waals surface area contributed by atoms with Gasteiger partial charge in [0.05, 0.1) is 16.7 Å². The quantitative estimate of drug-likeness (QED) is 0.576. The van der Waals surface area contributed by atoms with Gasteiger partial charge in [-0.15, -0.1) is 0 Å². The zero-order valence-corrected chi connectivity index (χ0v) is 14.3. The Bertz CT molecular complexity index is 878. The molecule has 0 unspecified atom stereocenters. The van der Waals surface area contributed by atoms with Crippen molar-refractivity contribution in [2.24, 2.45) is 0 Å². The molecule has 0 aromatic heterocycles. The molecule has 2 aromatic rings. The van der Waals surface area contributed by atoms with Crippen LogP contribution in [0, 0.1) is 0 Å². The van der Waals surface area contributed by atoms with Crippen LogP contribution in [0.1, 0.15) is 27.8 Å². The molecule has 158 valence electrons. The average Bonchev–Trinajstić information content (AvgIpc) is 2.59. The average molecular weight is 429 g/mol. The molecule has 0 amide bonds. The summed E-state index contributed by atoms with van der Waals surface area (Å²) in [6, 6.07) is 3.17. The highest BCUT2D eigenvalue weighted by Crippen LogP contribution is 2.48. The number of hydrogen-bond acceptors (Lipinski definition) is 2. The molecule has 0 saturated carbocycles. The third kappa shape index (κ3) is 4.60. The summed E-state index contributed by atoms with van der Waals surface area (Å²) in [6.07, 6.45) is -15.9. The number of nitrogens with one attached hydrogen (secondary N) is 1. The number of benzene rings is 2. The summed E-state index contributed by atoms with van der Waals surface area (Å²) < 4.78 is 124. The van der Waals surface area contributed by atoms with Crippen LogP contribution in [0.2, 0.25) is 0 Å². The summed E-state index contributed by atoms with van der Waals surface area (Å²) in [5, 5.41) is 3.04. The summed E-state index contributed by atoms with van der Waals surface area (Å²) in [6.45, 7) is 1.02. The van der Waals surface area contributed by atoms with Crippen molar-refractivity contribution in [1.82, 2.24) is 5.32 Å². The fraction of sp³-hybridized carbons (Fsp3) is 0.333. The van der Waals surface area contributed by atoms with E-state index in [0.717, 1.165) is 5.56 Å². The summed E-state index contributed by atoms with van der Waals surface area (Å²) in [5.74, 6) is -2.05. The Hall–Kier alpha value is -2.43. The lowest BCUT2D eigenvalue weighted by Crippen LogP contribution is -2.23. The highest BCUT2D eigenvalue weighted by molar-refractivity contribution is 5.51. The zero-order chi connectivity index (χ0) is 21.6. The van der Waals surface area contributed by atoms with E-state index in [1.807, 2.05) is 0 Å². The lowest BCUT2D eigenvalue weighted by molar-refractivity contribution is -0.149. The molecule has 0 spiro atoms. The topological polar surface area (TPSA) is 21.3 Å². The monoisotopic (exact) mass is 429 g/mol. The van der Waals surface area contributed by atoms with Crippen molar-refractivity contribution < 1.29 is 44.3 Å². The summed E-state index contributed by atoms with van der Waals surface area (Å²) in [4.78, 5) is 0. The third-order valence-corrected chi connectivity index (χ3v) is 4.31. The predicted octanol–water partition coefficient (Wildman–Crippen LogP) is 6.18. The maximum Gasteiger partial charge on any atom is 0.420 e. The van der Waals surface area contributed by atoms with Crippen LogP contribution in [0.15, 0.2) is 30.3 Å². The predicted molar refractivity (Wildman–Crippen MR) is 83.4 cm³/mol. The van der Waals surface area contributed by atoms with Crippen molar-refractivity contribution in [2.45, 2.75) is 31.5 Å². The molecule has 11 heteroatoms. The molecule has 0 fully saturated rings. The molecule has 0 radical (unpaired) electrons. The van der Waals surface area contributed by atoms with Crippen molar-refractivity contribution >= 4 is 0 Å². The summed E-state index contributed by atoms with van der Waals surface area (Å²) in [5.41, 5.74) is -4.92. The van der Waals surface area contributed by atoms with Crippen LogP contribution in [0.4, 0.5) is 39.5 Å². The molecule has 0 saturated heterocycles. The van der Waals surface area contributed by atoms with Gasteiger partial charge < -0.3 is 10.1 Å². The van der Waals surface area contributed by atoms with Gasteiger partial charge in [0.15, 0.2) is 5.75 Å². The lowest BCUT2D eigenvalue weighted by atomic mass is 10.0. The van der Waals surface area contributed by atoms with Crippen molar-refractivity contribution in [3.63, 3.8) is 0 Å². The molecular formula is C18H12F9NO. The van der Waals surface area contributed by atoms with Crippen LogP contribution >= 0.6 is 0 Å². The van der Waals surface area contributed by atoms with E-state index in [1.54, 1.807) is 0 Å². The Morgan fingerprint density at radius 1 is 0.724 bits per heavy atom. The molecule has 3 rings (SSSR count). The van der Waals surface area contributed by atoms with E-state index < -0.39 is 41.0 Å². The molecule has 2 aromatic carbocycles. The van der Waals surface area contributed by atoms with E-state index in [-0.39, 0.29) is 17.9 Å². The van der Waals surface area contributed by atoms with Gasteiger partial charge in [-0.3, -0.25) is 0 Å². The fourth-order valence-electron chi connectivity index (χ4n) is 2.96. The molecule has 1 aliphatic heterocycles. The SMILES string of the molecule is FC(F)(F)c1cc(C(F)(F)F)c(Oc2ccc3c(c2)CCNC3)c(C(F)(F)F)c1. The first-order chi connectivity index (χ1) is 13.3. The molecular weight excluding hydrogens is 417 g/mol. The first-order valence-corrected chi connectivity index (χ1v) is 8.17. The molecule has 1 heterocycles. The van der Waals surface area contributed by atoms with Gasteiger partial charge in [-0.2, -0.15) is 39.5 Å². The highest BCUT2D eigenvalue weighted by atomic mass is 19.4. The maximum absolute atomic E-state index is 13.3. The Morgan fingerprint density at radius 2 is 1.31 bits per heavy atom. The van der Waals surface area contributed by atoms with Crippen LogP contribution in [-0.4, -0.2) is 6.54 Å². The number of hydrogen-bond donors (Lipinski definition) is 1. The number of fused-ring (bicyclic) bond motifs is 1. The molecule has 0 aliphatic carbocycles. The number of ether oxygens (including phenoxy) is 1. The number of rotatable bonds is 2. The lowest BCUT2D eigenvalue weighted by Gasteiger charge is -2.22. The van der Waals surface area contributed by atoms with Gasteiger partial charge in [0, 0.05) is 6.54 Å². The van der Waals surface area contributed by atoms with Crippen LogP contribution < -0.4 is 10.1 Å². The van der Waals surface area contributed by atoms with Crippen molar-refractivity contribution in [3.8, 4) is 11.5 Å². The van der Waals surface area contributed by atoms with Crippen LogP contribution in [0.25, 0.3) is 0 Å². The zero-order valence-electron chi connectivity index (χ0n) is 14.3. The van der Waals surface area contributed by atoms with Crippen LogP contribution in [0.5, 0.6) is 11.5 Å². The molecule has 2 nitrogen and oxygen atoms in total. The van der Waals surface area contributed by atoms with Crippen LogP contribution in [0.3, 0.4) is 0 Å². The number of halogens is 9. The van der Waals surface area contributed by atoms with Gasteiger partial charge in [0.2, 0.25) is 0 Å². The highest BCUT2D eigenvalue weighted by Gasteiger charge is 2.46. The smallest absolute Gasteiger partial charge is 0.420 e. The number of alkyl halides is 9. The van der Waals surface area contributed by atoms with E-state index in [0.29, 0.717) is 25.1 Å². The van der Waals surface area contributed by atoms with Gasteiger partial charge in [-0.05, 0) is 48.4 Å². The van der Waals surface area contributed by atoms with Crippen LogP contribution in [-0.2, 0) is 31.5 Å². The van der Waals surface area contributed by atoms with Gasteiger partial charge >= 0.3 is 18.5 Å². The molecule has 1 aliphatic rings. The first kappa shape index (κ1) is 21.3. The van der Waals surface area contributed by atoms with Gasteiger partial charge in [-0.1, -0.05) is 6.07 Å². The molecule has 0 bridgehead atoms. The second-order valence-electron chi connectivity index (χ2n) is 6.35. The van der Waals surface area contributed by atoms with Gasteiger partial charge in [-0.25, -0.2) is 0 Å². The first-order valence-electron chi connectivity index (χ1n) is 8.17. The van der Waals surface area contributed by atoms with Gasteiger partial charge in [0.1, 0.15) is 5.75 Å². The minimum absolute atomic E-state index is 0.332. The second kappa shape index (κ2) is 7.12. The Balaban J connectivity index is 2.18. The standard InChI is InChI=1S/C18H12F9NO/c19-16(20,21)11-6-13(17(22,23)24)15(14(7-11)18(25,26)27)29-12-2-1-10-8-28-4-3-9(10)5-12/h1-2,5-7,28H,3-4,8H2. The van der Waals surface area contributed by atoms with Crippen molar-refractivity contribution in [2.75, 3.05) is 6.54 Å². The van der Waals surface area contributed by atoms with E-state index >= 15 is 0 Å².